The van der Waals surface area contributed by atoms with Gasteiger partial charge < -0.3 is 10.0 Å². The molecule has 3 rings (SSSR count). The summed E-state index contributed by atoms with van der Waals surface area (Å²) in [6.07, 6.45) is 1.19. The maximum atomic E-state index is 12.7. The summed E-state index contributed by atoms with van der Waals surface area (Å²) in [6.45, 7) is 5.17. The van der Waals surface area contributed by atoms with E-state index in [1.807, 2.05) is 61.2 Å². The normalized spacial score (nSPS) is 16.9. The molecule has 1 aliphatic heterocycles. The minimum atomic E-state index is -0.453. The van der Waals surface area contributed by atoms with Gasteiger partial charge in [0, 0.05) is 18.8 Å². The van der Waals surface area contributed by atoms with Crippen LogP contribution in [0.15, 0.2) is 42.5 Å². The first-order chi connectivity index (χ1) is 11.6. The van der Waals surface area contributed by atoms with E-state index >= 15 is 0 Å². The van der Waals surface area contributed by atoms with Gasteiger partial charge in [0.15, 0.2) is 0 Å². The van der Waals surface area contributed by atoms with Gasteiger partial charge >= 0.3 is 0 Å². The van der Waals surface area contributed by atoms with Crippen LogP contribution in [-0.2, 0) is 0 Å². The smallest absolute Gasteiger partial charge is 0.255 e. The summed E-state index contributed by atoms with van der Waals surface area (Å²) in [7, 11) is 0. The predicted molar refractivity (Wildman–Crippen MR) is 93.7 cm³/mol. The van der Waals surface area contributed by atoms with E-state index < -0.39 is 6.10 Å². The van der Waals surface area contributed by atoms with Crippen molar-refractivity contribution < 1.29 is 9.90 Å². The van der Waals surface area contributed by atoms with E-state index in [-0.39, 0.29) is 11.8 Å². The van der Waals surface area contributed by atoms with Gasteiger partial charge in [-0.2, -0.15) is 0 Å². The molecule has 1 aromatic heterocycles. The van der Waals surface area contributed by atoms with Gasteiger partial charge in [-0.1, -0.05) is 30.3 Å². The number of aliphatic hydroxyl groups excluding tert-OH is 1. The fraction of sp³-hybridized carbons (Fsp3) is 0.400. The second-order valence-electron chi connectivity index (χ2n) is 6.57. The first-order valence-electron chi connectivity index (χ1n) is 8.53. The lowest BCUT2D eigenvalue weighted by Crippen LogP contribution is -2.40. The number of aliphatic hydroxyl groups is 1. The number of hydrogen-bond acceptors (Lipinski definition) is 3. The largest absolute Gasteiger partial charge is 0.388 e. The third kappa shape index (κ3) is 3.49. The molecule has 1 amide bonds. The van der Waals surface area contributed by atoms with Gasteiger partial charge in [-0.05, 0) is 50.3 Å². The number of hydrogen-bond donors (Lipinski definition) is 1. The molecule has 4 heteroatoms. The average Bonchev–Trinajstić information content (AvgIpc) is 2.61. The number of amides is 1. The summed E-state index contributed by atoms with van der Waals surface area (Å²) in [4.78, 5) is 19.0. The molecule has 1 N–H and O–H groups in total. The van der Waals surface area contributed by atoms with Crippen molar-refractivity contribution in [3.05, 3.63) is 65.0 Å². The van der Waals surface area contributed by atoms with Gasteiger partial charge in [0.25, 0.3) is 5.91 Å². The predicted octanol–water partition coefficient (Wildman–Crippen LogP) is 3.28. The summed E-state index contributed by atoms with van der Waals surface area (Å²) >= 11 is 0. The number of aryl methyl sites for hydroxylation is 2. The molecule has 0 aliphatic carbocycles. The Bertz CT molecular complexity index is 707. The minimum Gasteiger partial charge on any atom is -0.388 e. The SMILES string of the molecule is Cc1ccc(C(=O)N2CCC([C@H](O)c3ccccc3)CC2)c(C)n1. The van der Waals surface area contributed by atoms with E-state index in [1.54, 1.807) is 0 Å². The van der Waals surface area contributed by atoms with Crippen molar-refractivity contribution in [3.8, 4) is 0 Å². The van der Waals surface area contributed by atoms with Crippen molar-refractivity contribution >= 4 is 5.91 Å². The van der Waals surface area contributed by atoms with Crippen LogP contribution in [0.25, 0.3) is 0 Å². The average molecular weight is 324 g/mol. The topological polar surface area (TPSA) is 53.4 Å². The lowest BCUT2D eigenvalue weighted by molar-refractivity contribution is 0.0461. The van der Waals surface area contributed by atoms with Crippen LogP contribution in [0.4, 0.5) is 0 Å². The molecule has 0 spiro atoms. The summed E-state index contributed by atoms with van der Waals surface area (Å²) in [5.41, 5.74) is 3.35. The third-order valence-electron chi connectivity index (χ3n) is 4.87. The van der Waals surface area contributed by atoms with E-state index in [0.29, 0.717) is 18.7 Å². The quantitative estimate of drug-likeness (QED) is 0.942. The molecule has 4 nitrogen and oxygen atoms in total. The first kappa shape index (κ1) is 16.7. The van der Waals surface area contributed by atoms with Crippen molar-refractivity contribution in [2.24, 2.45) is 5.92 Å². The highest BCUT2D eigenvalue weighted by Gasteiger charge is 2.29. The number of benzene rings is 1. The summed E-state index contributed by atoms with van der Waals surface area (Å²) in [5, 5.41) is 10.5. The molecule has 1 saturated heterocycles. The highest BCUT2D eigenvalue weighted by Crippen LogP contribution is 2.31. The molecule has 1 aliphatic rings. The Kier molecular flexibility index (Phi) is 4.95. The number of carbonyl (C=O) groups is 1. The summed E-state index contributed by atoms with van der Waals surface area (Å²) in [6, 6.07) is 13.5. The molecule has 126 valence electrons. The van der Waals surface area contributed by atoms with Crippen LogP contribution in [0, 0.1) is 19.8 Å². The zero-order chi connectivity index (χ0) is 17.1. The van der Waals surface area contributed by atoms with Crippen LogP contribution in [0.5, 0.6) is 0 Å². The second-order valence-corrected chi connectivity index (χ2v) is 6.57. The Morgan fingerprint density at radius 1 is 1.12 bits per heavy atom. The summed E-state index contributed by atoms with van der Waals surface area (Å²) in [5.74, 6) is 0.251. The van der Waals surface area contributed by atoms with Crippen molar-refractivity contribution in [2.45, 2.75) is 32.8 Å². The second kappa shape index (κ2) is 7.14. The number of nitrogens with zero attached hydrogens (tertiary/aromatic N) is 2. The maximum absolute atomic E-state index is 12.7. The molecular weight excluding hydrogens is 300 g/mol. The highest BCUT2D eigenvalue weighted by atomic mass is 16.3. The molecular formula is C20H24N2O2. The molecule has 0 radical (unpaired) electrons. The van der Waals surface area contributed by atoms with Crippen molar-refractivity contribution in [3.63, 3.8) is 0 Å². The van der Waals surface area contributed by atoms with Crippen molar-refractivity contribution in [1.82, 2.24) is 9.88 Å². The number of pyridine rings is 1. The maximum Gasteiger partial charge on any atom is 0.255 e. The highest BCUT2D eigenvalue weighted by molar-refractivity contribution is 5.95. The number of carbonyl (C=O) groups excluding carboxylic acids is 1. The number of rotatable bonds is 3. The number of likely N-dealkylation sites (tertiary alicyclic amines) is 1. The molecule has 1 fully saturated rings. The zero-order valence-corrected chi connectivity index (χ0v) is 14.3. The Labute approximate surface area is 143 Å². The van der Waals surface area contributed by atoms with Crippen LogP contribution in [0.1, 0.15) is 46.3 Å². The minimum absolute atomic E-state index is 0.0488. The Morgan fingerprint density at radius 2 is 1.79 bits per heavy atom. The van der Waals surface area contributed by atoms with E-state index in [0.717, 1.165) is 29.8 Å². The molecule has 0 saturated carbocycles. The van der Waals surface area contributed by atoms with Gasteiger partial charge in [-0.25, -0.2) is 0 Å². The zero-order valence-electron chi connectivity index (χ0n) is 14.3. The first-order valence-corrected chi connectivity index (χ1v) is 8.53. The van der Waals surface area contributed by atoms with E-state index in [9.17, 15) is 9.90 Å². The Balaban J connectivity index is 1.63. The molecule has 0 unspecified atom stereocenters. The standard InChI is InChI=1S/C20H24N2O2/c1-14-8-9-18(15(2)21-14)20(24)22-12-10-17(11-13-22)19(23)16-6-4-3-5-7-16/h3-9,17,19,23H,10-13H2,1-2H3/t19-/m1/s1. The van der Waals surface area contributed by atoms with Gasteiger partial charge in [-0.15, -0.1) is 0 Å². The van der Waals surface area contributed by atoms with Crippen molar-refractivity contribution in [2.75, 3.05) is 13.1 Å². The fourth-order valence-electron chi connectivity index (χ4n) is 3.42. The number of piperidine rings is 1. The lowest BCUT2D eigenvalue weighted by Gasteiger charge is -2.34. The molecule has 2 aromatic rings. The van der Waals surface area contributed by atoms with Crippen LogP contribution >= 0.6 is 0 Å². The Morgan fingerprint density at radius 3 is 2.42 bits per heavy atom. The van der Waals surface area contributed by atoms with Gasteiger partial charge in [0.2, 0.25) is 0 Å². The van der Waals surface area contributed by atoms with Crippen LogP contribution in [-0.4, -0.2) is 34.0 Å². The Hall–Kier alpha value is -2.20. The van der Waals surface area contributed by atoms with Crippen LogP contribution in [0.3, 0.4) is 0 Å². The lowest BCUT2D eigenvalue weighted by atomic mass is 9.87. The van der Waals surface area contributed by atoms with Gasteiger partial charge in [0.05, 0.1) is 17.4 Å². The van der Waals surface area contributed by atoms with E-state index in [2.05, 4.69) is 4.98 Å². The molecule has 0 bridgehead atoms. The summed E-state index contributed by atoms with van der Waals surface area (Å²) < 4.78 is 0. The van der Waals surface area contributed by atoms with Crippen LogP contribution in [0.2, 0.25) is 0 Å². The molecule has 2 heterocycles. The van der Waals surface area contributed by atoms with Crippen molar-refractivity contribution in [1.29, 1.82) is 0 Å². The van der Waals surface area contributed by atoms with Crippen LogP contribution < -0.4 is 0 Å². The molecule has 1 atom stereocenters. The third-order valence-corrected chi connectivity index (χ3v) is 4.87. The fourth-order valence-corrected chi connectivity index (χ4v) is 3.42. The molecule has 24 heavy (non-hydrogen) atoms. The monoisotopic (exact) mass is 324 g/mol. The van der Waals surface area contributed by atoms with E-state index in [4.69, 9.17) is 0 Å². The van der Waals surface area contributed by atoms with Gasteiger partial charge in [-0.3, -0.25) is 9.78 Å². The van der Waals surface area contributed by atoms with E-state index in [1.165, 1.54) is 0 Å². The number of aromatic nitrogens is 1. The molecule has 1 aromatic carbocycles. The van der Waals surface area contributed by atoms with Gasteiger partial charge in [0.1, 0.15) is 0 Å².